The van der Waals surface area contributed by atoms with Gasteiger partial charge in [0.25, 0.3) is 0 Å². The van der Waals surface area contributed by atoms with Crippen LogP contribution in [0, 0.1) is 0 Å². The second-order valence-corrected chi connectivity index (χ2v) is 19.7. The zero-order valence-corrected chi connectivity index (χ0v) is 40.3. The number of ether oxygens (including phenoxy) is 14. The highest BCUT2D eigenvalue weighted by atomic mass is 16.8. The topological polar surface area (TPSA) is 554 Å². The van der Waals surface area contributed by atoms with E-state index in [1.54, 1.807) is 0 Å². The highest BCUT2D eigenvalue weighted by Crippen LogP contribution is 2.39. The van der Waals surface area contributed by atoms with Gasteiger partial charge in [0.1, 0.15) is 171 Å². The van der Waals surface area contributed by atoms with Gasteiger partial charge in [0.05, 0.1) is 46.2 Å². The molecule has 14 bridgehead atoms. The molecule has 0 unspecified atom stereocenters. The highest BCUT2D eigenvalue weighted by molar-refractivity contribution is 5.01. The van der Waals surface area contributed by atoms with E-state index in [9.17, 15) is 107 Å². The van der Waals surface area contributed by atoms with Gasteiger partial charge >= 0.3 is 0 Å². The van der Waals surface area contributed by atoms with Crippen LogP contribution >= 0.6 is 0 Å². The average Bonchev–Trinajstić information content (AvgIpc) is 3.45. The minimum absolute atomic E-state index is 1.05. The molecule has 0 saturated carbocycles. The van der Waals surface area contributed by atoms with Crippen LogP contribution in [-0.2, 0) is 66.3 Å². The lowest BCUT2D eigenvalue weighted by Crippen LogP contribution is -2.68. The molecule has 0 aromatic rings. The van der Waals surface area contributed by atoms with E-state index in [2.05, 4.69) is 0 Å². The van der Waals surface area contributed by atoms with Crippen LogP contribution in [0.15, 0.2) is 0 Å². The summed E-state index contributed by atoms with van der Waals surface area (Å²) in [5, 5.41) is 230. The van der Waals surface area contributed by atoms with Crippen LogP contribution in [0.1, 0.15) is 0 Å². The van der Waals surface area contributed by atoms with Gasteiger partial charge < -0.3 is 174 Å². The van der Waals surface area contributed by atoms with Gasteiger partial charge in [-0.25, -0.2) is 0 Å². The second kappa shape index (κ2) is 26.0. The highest BCUT2D eigenvalue weighted by Gasteiger charge is 2.59. The van der Waals surface area contributed by atoms with Crippen LogP contribution in [0.3, 0.4) is 0 Å². The monoisotopic (exact) mass is 1130 g/mol. The third-order valence-corrected chi connectivity index (χ3v) is 14.8. The van der Waals surface area contributed by atoms with Crippen LogP contribution in [0.25, 0.3) is 0 Å². The number of hydrogen-bond donors (Lipinski definition) is 21. The fraction of sp³-hybridized carbons (Fsp3) is 1.00. The minimum atomic E-state index is -2.21. The lowest BCUT2D eigenvalue weighted by atomic mass is 9.95. The third kappa shape index (κ3) is 12.1. The average molecular weight is 1130 g/mol. The second-order valence-electron chi connectivity index (χ2n) is 19.7. The molecule has 21 aliphatic rings. The first-order valence-corrected chi connectivity index (χ1v) is 24.6. The molecule has 21 saturated heterocycles. The van der Waals surface area contributed by atoms with Crippen molar-refractivity contribution in [3.63, 3.8) is 0 Å². The summed E-state index contributed by atoms with van der Waals surface area (Å²) in [7, 11) is 0. The van der Waals surface area contributed by atoms with E-state index in [-0.39, 0.29) is 0 Å². The molecular formula is C42H70O35. The van der Waals surface area contributed by atoms with Crippen molar-refractivity contribution in [1.29, 1.82) is 0 Å². The van der Waals surface area contributed by atoms with E-state index >= 15 is 0 Å². The molecule has 35 nitrogen and oxygen atoms in total. The van der Waals surface area contributed by atoms with Crippen molar-refractivity contribution < 1.29 is 174 Å². The van der Waals surface area contributed by atoms with E-state index in [0.717, 1.165) is 0 Å². The lowest BCUT2D eigenvalue weighted by molar-refractivity contribution is -0.396. The largest absolute Gasteiger partial charge is 0.394 e. The first kappa shape index (κ1) is 61.7. The molecule has 21 aliphatic heterocycles. The van der Waals surface area contributed by atoms with E-state index in [1.807, 2.05) is 0 Å². The van der Waals surface area contributed by atoms with Gasteiger partial charge in [0.15, 0.2) is 44.0 Å². The van der Waals surface area contributed by atoms with Crippen molar-refractivity contribution in [1.82, 2.24) is 0 Å². The van der Waals surface area contributed by atoms with Gasteiger partial charge in [-0.3, -0.25) is 0 Å². The smallest absolute Gasteiger partial charge is 0.187 e. The van der Waals surface area contributed by atoms with Crippen molar-refractivity contribution >= 4 is 0 Å². The van der Waals surface area contributed by atoms with Crippen molar-refractivity contribution in [2.75, 3.05) is 46.2 Å². The number of aliphatic hydroxyl groups excluding tert-OH is 21. The predicted molar refractivity (Wildman–Crippen MR) is 228 cm³/mol. The third-order valence-electron chi connectivity index (χ3n) is 14.8. The molecule has 0 aromatic heterocycles. The van der Waals surface area contributed by atoms with Gasteiger partial charge in [0.2, 0.25) is 0 Å². The molecule has 21 heterocycles. The molecule has 0 radical (unpaired) electrons. The van der Waals surface area contributed by atoms with E-state index < -0.39 is 261 Å². The van der Waals surface area contributed by atoms with Crippen LogP contribution in [0.5, 0.6) is 0 Å². The Morgan fingerprint density at radius 1 is 0.156 bits per heavy atom. The predicted octanol–water partition coefficient (Wildman–Crippen LogP) is -15.2. The summed E-state index contributed by atoms with van der Waals surface area (Å²) in [6, 6.07) is 0. The van der Waals surface area contributed by atoms with E-state index in [4.69, 9.17) is 66.3 Å². The molecule has 21 rings (SSSR count). The Hall–Kier alpha value is -1.40. The van der Waals surface area contributed by atoms with Gasteiger partial charge in [-0.2, -0.15) is 0 Å². The lowest BCUT2D eigenvalue weighted by Gasteiger charge is -2.50. The molecule has 35 heteroatoms. The number of aliphatic hydroxyl groups is 21. The maximum Gasteiger partial charge on any atom is 0.187 e. The molecule has 0 aliphatic carbocycles. The molecule has 0 aromatic carbocycles. The normalized spacial score (nSPS) is 55.4. The zero-order chi connectivity index (χ0) is 56.1. The maximum absolute atomic E-state index is 11.3. The molecule has 0 amide bonds. The van der Waals surface area contributed by atoms with Gasteiger partial charge in [-0.15, -0.1) is 0 Å². The van der Waals surface area contributed by atoms with E-state index in [0.29, 0.717) is 0 Å². The van der Waals surface area contributed by atoms with Crippen LogP contribution in [-0.4, -0.2) is 368 Å². The maximum atomic E-state index is 11.3. The molecule has 21 fully saturated rings. The molecular weight excluding hydrogens is 1060 g/mol. The number of hydrogen-bond acceptors (Lipinski definition) is 35. The van der Waals surface area contributed by atoms with Gasteiger partial charge in [-0.1, -0.05) is 0 Å². The quantitative estimate of drug-likeness (QED) is 0.113. The van der Waals surface area contributed by atoms with Crippen molar-refractivity contribution in [2.45, 2.75) is 215 Å². The summed E-state index contributed by atoms with van der Waals surface area (Å²) in [6.45, 7) is -7.33. The van der Waals surface area contributed by atoms with Crippen LogP contribution in [0.2, 0.25) is 0 Å². The van der Waals surface area contributed by atoms with Gasteiger partial charge in [0, 0.05) is 0 Å². The molecule has 448 valence electrons. The van der Waals surface area contributed by atoms with Crippen molar-refractivity contribution in [3.05, 3.63) is 0 Å². The summed E-state index contributed by atoms with van der Waals surface area (Å²) in [5.74, 6) is 0. The Morgan fingerprint density at radius 2 is 0.260 bits per heavy atom. The standard InChI is InChI=1S/C42H70O35/c43-1-8-29-15(50)22(57)36(64-8)72-30-9(2-44)66-38(24(59)17(30)52)74-32-11(4-46)68-40(26(61)19(32)54)76-34-13(6-48)70-42(28(63)21(34)56)77-35-14(7-49)69-41(27(62)20(35)55)75-33-12(5-47)67-39(25(60)18(33)53)73-31-10(3-45)65-37(71-29)23(58)16(31)51/h8-63H,1-7H2/t8-,9-,10-,11-,12-,13-,14+,15-,16-,17-,18-,19-,20+,21-,22-,23-,24-,25-,26-,27+,28-,29-,30-,31-,32-,33-,34-,35+,36-,37-,38-,39-,40-,41+,42+/m1/s1. The zero-order valence-electron chi connectivity index (χ0n) is 40.3. The minimum Gasteiger partial charge on any atom is -0.394 e. The van der Waals surface area contributed by atoms with Crippen molar-refractivity contribution in [2.24, 2.45) is 0 Å². The summed E-state index contributed by atoms with van der Waals surface area (Å²) in [4.78, 5) is 0. The summed E-state index contributed by atoms with van der Waals surface area (Å²) in [6.07, 6.45) is -70.2. The summed E-state index contributed by atoms with van der Waals surface area (Å²) in [5.41, 5.74) is 0. The molecule has 77 heavy (non-hydrogen) atoms. The Bertz CT molecular complexity index is 1470. The Balaban J connectivity index is 1.08. The summed E-state index contributed by atoms with van der Waals surface area (Å²) < 4.78 is 79.5. The fourth-order valence-corrected chi connectivity index (χ4v) is 10.4. The Labute approximate surface area is 434 Å². The van der Waals surface area contributed by atoms with Crippen molar-refractivity contribution in [3.8, 4) is 0 Å². The number of rotatable bonds is 7. The van der Waals surface area contributed by atoms with Crippen LogP contribution in [0.4, 0.5) is 0 Å². The molecule has 35 atom stereocenters. The SMILES string of the molecule is OC[C@@H]1O[C@H]2O[C@H]3[C@H](O)[C@@H](O)[C@@H](O[C@H]4[C@H](O)[C@@H](O)[C@@H](O[C@H]5[C@H](O)[C@@H](O)[C@@H](O[C@H]6[C@H](O)[C@@H](O)[C@@H](O[C@H]7[C@H](O)[C@@H](O)[C@@H](O[C@H]8[C@H](O)[C@@H](O)[C@H](O[C@@H]1[C@@H](O)[C@@H]2O)O[C@@H]8CO)O[C@@H]7CO)O[C@@H]6CO)O[C@@H]5CO)O[C@@H]4CO)O[C@@H]3CO. The van der Waals surface area contributed by atoms with Gasteiger partial charge in [-0.05, 0) is 0 Å². The molecule has 21 N–H and O–H groups in total. The Kier molecular flexibility index (Phi) is 20.8. The molecule has 0 spiro atoms. The first-order valence-electron chi connectivity index (χ1n) is 24.6. The fourth-order valence-electron chi connectivity index (χ4n) is 10.4. The summed E-state index contributed by atoms with van der Waals surface area (Å²) >= 11 is 0. The first-order chi connectivity index (χ1) is 36.7. The van der Waals surface area contributed by atoms with E-state index in [1.165, 1.54) is 0 Å². The Morgan fingerprint density at radius 3 is 0.351 bits per heavy atom. The van der Waals surface area contributed by atoms with Crippen LogP contribution < -0.4 is 0 Å².